The lowest BCUT2D eigenvalue weighted by Crippen LogP contribution is -2.15. The molecule has 0 heterocycles. The van der Waals surface area contributed by atoms with Gasteiger partial charge in [0.1, 0.15) is 0 Å². The molecule has 0 unspecified atom stereocenters. The summed E-state index contributed by atoms with van der Waals surface area (Å²) in [5.41, 5.74) is 3.15. The summed E-state index contributed by atoms with van der Waals surface area (Å²) in [7, 11) is -3.39. The molecule has 0 aromatic heterocycles. The second kappa shape index (κ2) is 8.22. The number of esters is 1. The van der Waals surface area contributed by atoms with Gasteiger partial charge in [0, 0.05) is 11.3 Å². The highest BCUT2D eigenvalue weighted by molar-refractivity contribution is 7.92. The third kappa shape index (κ3) is 5.55. The van der Waals surface area contributed by atoms with Gasteiger partial charge in [-0.1, -0.05) is 0 Å². The van der Waals surface area contributed by atoms with Crippen LogP contribution in [0.4, 0.5) is 11.4 Å². The van der Waals surface area contributed by atoms with Crippen LogP contribution in [0.2, 0.25) is 0 Å². The van der Waals surface area contributed by atoms with Crippen molar-refractivity contribution in [1.82, 2.24) is 0 Å². The van der Waals surface area contributed by atoms with Crippen molar-refractivity contribution in [2.45, 2.75) is 20.8 Å². The van der Waals surface area contributed by atoms with Crippen LogP contribution < -0.4 is 10.0 Å². The molecular weight excluding hydrogens is 368 g/mol. The van der Waals surface area contributed by atoms with Crippen LogP contribution >= 0.6 is 0 Å². The van der Waals surface area contributed by atoms with Crippen molar-refractivity contribution >= 4 is 33.3 Å². The minimum absolute atomic E-state index is 0.292. The van der Waals surface area contributed by atoms with Gasteiger partial charge in [-0.3, -0.25) is 9.52 Å². The molecule has 144 valence electrons. The van der Waals surface area contributed by atoms with Crippen molar-refractivity contribution in [3.8, 4) is 0 Å². The van der Waals surface area contributed by atoms with Crippen LogP contribution in [0.5, 0.6) is 0 Å². The lowest BCUT2D eigenvalue weighted by Gasteiger charge is -2.12. The van der Waals surface area contributed by atoms with E-state index in [2.05, 4.69) is 10.0 Å². The number of carbonyl (C=O) groups is 2. The molecule has 2 rings (SSSR count). The Bertz CT molecular complexity index is 984. The molecule has 0 aliphatic rings. The van der Waals surface area contributed by atoms with Crippen molar-refractivity contribution in [2.75, 3.05) is 22.9 Å². The molecule has 0 saturated heterocycles. The van der Waals surface area contributed by atoms with Crippen molar-refractivity contribution < 1.29 is 22.7 Å². The zero-order valence-corrected chi connectivity index (χ0v) is 16.4. The summed E-state index contributed by atoms with van der Waals surface area (Å²) in [6.07, 6.45) is 1.07. The van der Waals surface area contributed by atoms with E-state index in [-0.39, 0.29) is 5.91 Å². The highest BCUT2D eigenvalue weighted by Crippen LogP contribution is 2.21. The van der Waals surface area contributed by atoms with E-state index in [0.717, 1.165) is 11.8 Å². The molecule has 0 atom stereocenters. The predicted molar refractivity (Wildman–Crippen MR) is 105 cm³/mol. The van der Waals surface area contributed by atoms with Crippen LogP contribution in [0, 0.1) is 13.8 Å². The van der Waals surface area contributed by atoms with Gasteiger partial charge in [-0.15, -0.1) is 0 Å². The number of amides is 1. The van der Waals surface area contributed by atoms with Gasteiger partial charge in [0.05, 0.1) is 24.1 Å². The zero-order chi connectivity index (χ0) is 20.2. The molecule has 0 aliphatic carbocycles. The molecule has 2 aromatic rings. The molecule has 27 heavy (non-hydrogen) atoms. The maximum atomic E-state index is 12.5. The Morgan fingerprint density at radius 2 is 1.52 bits per heavy atom. The van der Waals surface area contributed by atoms with E-state index in [1.165, 1.54) is 6.07 Å². The quantitative estimate of drug-likeness (QED) is 0.738. The van der Waals surface area contributed by atoms with E-state index in [0.29, 0.717) is 34.7 Å². The normalized spacial score (nSPS) is 11.0. The molecule has 2 N–H and O–H groups in total. The van der Waals surface area contributed by atoms with Crippen LogP contribution in [0.25, 0.3) is 0 Å². The molecule has 0 radical (unpaired) electrons. The Kier molecular flexibility index (Phi) is 6.22. The van der Waals surface area contributed by atoms with E-state index in [1.807, 2.05) is 0 Å². The Morgan fingerprint density at radius 1 is 0.963 bits per heavy atom. The monoisotopic (exact) mass is 390 g/mol. The van der Waals surface area contributed by atoms with Crippen LogP contribution in [0.3, 0.4) is 0 Å². The lowest BCUT2D eigenvalue weighted by molar-refractivity contribution is 0.0526. The van der Waals surface area contributed by atoms with Gasteiger partial charge >= 0.3 is 5.97 Å². The number of anilines is 2. The fourth-order valence-corrected chi connectivity index (χ4v) is 3.09. The maximum Gasteiger partial charge on any atom is 0.338 e. The Morgan fingerprint density at radius 3 is 2.07 bits per heavy atom. The molecule has 0 spiro atoms. The first-order chi connectivity index (χ1) is 12.6. The van der Waals surface area contributed by atoms with E-state index < -0.39 is 16.0 Å². The number of carbonyl (C=O) groups excluding carboxylic acids is 2. The second-order valence-corrected chi connectivity index (χ2v) is 7.86. The van der Waals surface area contributed by atoms with Crippen molar-refractivity contribution in [1.29, 1.82) is 0 Å². The number of hydrogen-bond donors (Lipinski definition) is 2. The smallest absolute Gasteiger partial charge is 0.338 e. The molecule has 8 heteroatoms. The standard InChI is InChI=1S/C19H22N2O5S/c1-5-26-19(23)15-7-8-16(12(2)11-15)20-18(22)14-6-9-17(13(3)10-14)21-27(4,24)25/h6-11,21H,5H2,1-4H3,(H,20,22). The van der Waals surface area contributed by atoms with E-state index in [4.69, 9.17) is 4.74 Å². The number of benzene rings is 2. The topological polar surface area (TPSA) is 102 Å². The number of ether oxygens (including phenoxy) is 1. The number of sulfonamides is 1. The molecule has 2 aromatic carbocycles. The van der Waals surface area contributed by atoms with Gasteiger partial charge in [-0.2, -0.15) is 0 Å². The summed E-state index contributed by atoms with van der Waals surface area (Å²) in [4.78, 5) is 24.3. The van der Waals surface area contributed by atoms with E-state index in [9.17, 15) is 18.0 Å². The summed E-state index contributed by atoms with van der Waals surface area (Å²) in [6, 6.07) is 9.57. The molecule has 0 saturated carbocycles. The van der Waals surface area contributed by atoms with Crippen LogP contribution in [-0.2, 0) is 14.8 Å². The highest BCUT2D eigenvalue weighted by Gasteiger charge is 2.13. The molecule has 7 nitrogen and oxygen atoms in total. The average Bonchev–Trinajstić information content (AvgIpc) is 2.57. The maximum absolute atomic E-state index is 12.5. The SMILES string of the molecule is CCOC(=O)c1ccc(NC(=O)c2ccc(NS(C)(=O)=O)c(C)c2)c(C)c1. The van der Waals surface area contributed by atoms with Crippen LogP contribution in [0.15, 0.2) is 36.4 Å². The van der Waals surface area contributed by atoms with Gasteiger partial charge in [0.2, 0.25) is 10.0 Å². The number of aryl methyl sites for hydroxylation is 2. The van der Waals surface area contributed by atoms with Gasteiger partial charge in [-0.25, -0.2) is 13.2 Å². The first-order valence-corrected chi connectivity index (χ1v) is 10.2. The minimum atomic E-state index is -3.39. The van der Waals surface area contributed by atoms with E-state index in [1.54, 1.807) is 51.1 Å². The summed E-state index contributed by atoms with van der Waals surface area (Å²) < 4.78 is 30.0. The van der Waals surface area contributed by atoms with Gasteiger partial charge in [0.25, 0.3) is 5.91 Å². The fraction of sp³-hybridized carbons (Fsp3) is 0.263. The Labute approximate surface area is 158 Å². The number of hydrogen-bond acceptors (Lipinski definition) is 5. The summed E-state index contributed by atoms with van der Waals surface area (Å²) in [5, 5.41) is 2.79. The van der Waals surface area contributed by atoms with E-state index >= 15 is 0 Å². The Balaban J connectivity index is 2.17. The molecule has 0 bridgehead atoms. The van der Waals surface area contributed by atoms with Crippen LogP contribution in [-0.4, -0.2) is 33.2 Å². The number of nitrogens with one attached hydrogen (secondary N) is 2. The third-order valence-electron chi connectivity index (χ3n) is 3.77. The average molecular weight is 390 g/mol. The molecule has 0 fully saturated rings. The predicted octanol–water partition coefficient (Wildman–Crippen LogP) is 3.10. The Hall–Kier alpha value is -2.87. The lowest BCUT2D eigenvalue weighted by atomic mass is 10.1. The second-order valence-electron chi connectivity index (χ2n) is 6.11. The van der Waals surface area contributed by atoms with Gasteiger partial charge < -0.3 is 10.1 Å². The number of rotatable bonds is 6. The third-order valence-corrected chi connectivity index (χ3v) is 4.36. The molecule has 1 amide bonds. The summed E-state index contributed by atoms with van der Waals surface area (Å²) in [6.45, 7) is 5.52. The van der Waals surface area contributed by atoms with Crippen molar-refractivity contribution in [3.05, 3.63) is 58.7 Å². The first-order valence-electron chi connectivity index (χ1n) is 8.28. The van der Waals surface area contributed by atoms with Gasteiger partial charge in [-0.05, 0) is 68.3 Å². The zero-order valence-electron chi connectivity index (χ0n) is 15.6. The highest BCUT2D eigenvalue weighted by atomic mass is 32.2. The molecule has 0 aliphatic heterocycles. The minimum Gasteiger partial charge on any atom is -0.462 e. The van der Waals surface area contributed by atoms with Crippen molar-refractivity contribution in [2.24, 2.45) is 0 Å². The first kappa shape index (κ1) is 20.4. The largest absolute Gasteiger partial charge is 0.462 e. The fourth-order valence-electron chi connectivity index (χ4n) is 2.46. The van der Waals surface area contributed by atoms with Crippen molar-refractivity contribution in [3.63, 3.8) is 0 Å². The summed E-state index contributed by atoms with van der Waals surface area (Å²) >= 11 is 0. The summed E-state index contributed by atoms with van der Waals surface area (Å²) in [5.74, 6) is -0.751. The van der Waals surface area contributed by atoms with Gasteiger partial charge in [0.15, 0.2) is 0 Å². The molecular formula is C19H22N2O5S. The van der Waals surface area contributed by atoms with Crippen LogP contribution in [0.1, 0.15) is 38.8 Å².